The Morgan fingerprint density at radius 3 is 2.65 bits per heavy atom. The highest BCUT2D eigenvalue weighted by atomic mass is 19.1. The molecule has 1 heterocycles. The molecule has 0 fully saturated rings. The lowest BCUT2D eigenvalue weighted by molar-refractivity contribution is 0.0326. The molecule has 1 amide bonds. The largest absolute Gasteiger partial charge is 0.387 e. The number of carbonyl (C=O) groups excluding carboxylic acids is 1. The summed E-state index contributed by atoms with van der Waals surface area (Å²) in [5.74, 6) is -0.698. The molecule has 6 nitrogen and oxygen atoms in total. The molecular weight excluding hydrogens is 299 g/mol. The first-order valence-electron chi connectivity index (χ1n) is 7.23. The molecule has 0 aliphatic rings. The summed E-state index contributed by atoms with van der Waals surface area (Å²) in [5, 5.41) is 19.6. The van der Waals surface area contributed by atoms with Crippen LogP contribution in [0.15, 0.2) is 30.5 Å². The number of likely N-dealkylation sites (N-methyl/N-ethyl adjacent to an activating group) is 1. The molecule has 2 aromatic rings. The quantitative estimate of drug-likeness (QED) is 0.748. The summed E-state index contributed by atoms with van der Waals surface area (Å²) < 4.78 is 13.0. The van der Waals surface area contributed by atoms with Gasteiger partial charge in [-0.2, -0.15) is 5.10 Å². The van der Waals surface area contributed by atoms with E-state index in [4.69, 9.17) is 0 Å². The van der Waals surface area contributed by atoms with Gasteiger partial charge in [0.05, 0.1) is 23.1 Å². The highest BCUT2D eigenvalue weighted by molar-refractivity contribution is 5.99. The normalized spacial score (nSPS) is 13.8. The predicted octanol–water partition coefficient (Wildman–Crippen LogP) is 1.26. The molecule has 0 aliphatic carbocycles. The number of hydrogen-bond acceptors (Lipinski definition) is 4. The monoisotopic (exact) mass is 320 g/mol. The van der Waals surface area contributed by atoms with Gasteiger partial charge >= 0.3 is 0 Å². The SMILES string of the molecule is CN(C)CC(C)(O)CNC(=O)c1cn[nH]c1-c1ccc(F)cc1. The van der Waals surface area contributed by atoms with E-state index in [0.717, 1.165) is 0 Å². The van der Waals surface area contributed by atoms with Gasteiger partial charge in [0.1, 0.15) is 5.82 Å². The van der Waals surface area contributed by atoms with Gasteiger partial charge in [0, 0.05) is 18.7 Å². The van der Waals surface area contributed by atoms with Gasteiger partial charge in [-0.25, -0.2) is 4.39 Å². The molecule has 0 saturated heterocycles. The molecule has 7 heteroatoms. The lowest BCUT2D eigenvalue weighted by Crippen LogP contribution is -2.47. The van der Waals surface area contributed by atoms with E-state index in [2.05, 4.69) is 15.5 Å². The molecule has 0 radical (unpaired) electrons. The Labute approximate surface area is 134 Å². The minimum atomic E-state index is -1.04. The van der Waals surface area contributed by atoms with Gasteiger partial charge < -0.3 is 15.3 Å². The van der Waals surface area contributed by atoms with Crippen molar-refractivity contribution in [2.24, 2.45) is 0 Å². The summed E-state index contributed by atoms with van der Waals surface area (Å²) in [6, 6.07) is 5.78. The molecule has 0 bridgehead atoms. The molecule has 1 unspecified atom stereocenters. The van der Waals surface area contributed by atoms with Gasteiger partial charge in [0.15, 0.2) is 0 Å². The van der Waals surface area contributed by atoms with Gasteiger partial charge in [-0.15, -0.1) is 0 Å². The van der Waals surface area contributed by atoms with Crippen LogP contribution < -0.4 is 5.32 Å². The van der Waals surface area contributed by atoms with Crippen molar-refractivity contribution in [3.8, 4) is 11.3 Å². The summed E-state index contributed by atoms with van der Waals surface area (Å²) in [6.45, 7) is 2.19. The van der Waals surface area contributed by atoms with Crippen molar-refractivity contribution in [3.05, 3.63) is 41.8 Å². The van der Waals surface area contributed by atoms with Gasteiger partial charge in [-0.05, 0) is 45.3 Å². The standard InChI is InChI=1S/C16H21FN4O2/c1-16(23,10-21(2)3)9-18-15(22)13-8-19-20-14(13)11-4-6-12(17)7-5-11/h4-8,23H,9-10H2,1-3H3,(H,18,22)(H,19,20). The van der Waals surface area contributed by atoms with Crippen LogP contribution in [0.2, 0.25) is 0 Å². The smallest absolute Gasteiger partial charge is 0.255 e. The van der Waals surface area contributed by atoms with Crippen LogP contribution in [0.5, 0.6) is 0 Å². The van der Waals surface area contributed by atoms with E-state index in [1.165, 1.54) is 18.3 Å². The number of carbonyl (C=O) groups is 1. The number of aliphatic hydroxyl groups is 1. The summed E-state index contributed by atoms with van der Waals surface area (Å²) in [6.07, 6.45) is 1.41. The zero-order chi connectivity index (χ0) is 17.0. The van der Waals surface area contributed by atoms with Crippen molar-refractivity contribution in [1.82, 2.24) is 20.4 Å². The second-order valence-electron chi connectivity index (χ2n) is 6.08. The molecule has 3 N–H and O–H groups in total. The van der Waals surface area contributed by atoms with Crippen molar-refractivity contribution in [2.75, 3.05) is 27.2 Å². The lowest BCUT2D eigenvalue weighted by atomic mass is 10.1. The first-order valence-corrected chi connectivity index (χ1v) is 7.23. The Kier molecular flexibility index (Phi) is 5.12. The summed E-state index contributed by atoms with van der Waals surface area (Å²) in [5.41, 5.74) is 0.472. The van der Waals surface area contributed by atoms with Crippen LogP contribution >= 0.6 is 0 Å². The van der Waals surface area contributed by atoms with Crippen LogP contribution in [-0.2, 0) is 0 Å². The van der Waals surface area contributed by atoms with Crippen LogP contribution in [0.25, 0.3) is 11.3 Å². The second-order valence-corrected chi connectivity index (χ2v) is 6.08. The molecule has 0 spiro atoms. The first-order chi connectivity index (χ1) is 10.8. The lowest BCUT2D eigenvalue weighted by Gasteiger charge is -2.27. The zero-order valence-electron chi connectivity index (χ0n) is 13.4. The minimum Gasteiger partial charge on any atom is -0.387 e. The molecule has 2 rings (SSSR count). The second kappa shape index (κ2) is 6.89. The van der Waals surface area contributed by atoms with E-state index < -0.39 is 5.60 Å². The number of halogens is 1. The summed E-state index contributed by atoms with van der Waals surface area (Å²) >= 11 is 0. The topological polar surface area (TPSA) is 81.2 Å². The average Bonchev–Trinajstić information content (AvgIpc) is 2.94. The van der Waals surface area contributed by atoms with Crippen LogP contribution in [0.4, 0.5) is 4.39 Å². The molecule has 124 valence electrons. The van der Waals surface area contributed by atoms with Crippen molar-refractivity contribution >= 4 is 5.91 Å². The zero-order valence-corrected chi connectivity index (χ0v) is 13.4. The molecule has 1 aromatic carbocycles. The number of hydrogen-bond donors (Lipinski definition) is 3. The Balaban J connectivity index is 2.09. The maximum absolute atomic E-state index is 13.0. The van der Waals surface area contributed by atoms with E-state index in [1.807, 2.05) is 19.0 Å². The van der Waals surface area contributed by atoms with Crippen LogP contribution in [0.1, 0.15) is 17.3 Å². The average molecular weight is 320 g/mol. The number of rotatable bonds is 6. The highest BCUT2D eigenvalue weighted by Gasteiger charge is 2.23. The van der Waals surface area contributed by atoms with E-state index >= 15 is 0 Å². The Morgan fingerprint density at radius 1 is 1.39 bits per heavy atom. The fraction of sp³-hybridized carbons (Fsp3) is 0.375. The van der Waals surface area contributed by atoms with E-state index in [9.17, 15) is 14.3 Å². The number of aromatic amines is 1. The fourth-order valence-corrected chi connectivity index (χ4v) is 2.40. The van der Waals surface area contributed by atoms with E-state index in [-0.39, 0.29) is 18.3 Å². The number of benzene rings is 1. The number of H-pyrrole nitrogens is 1. The third kappa shape index (κ3) is 4.61. The summed E-state index contributed by atoms with van der Waals surface area (Å²) in [4.78, 5) is 14.2. The third-order valence-corrected chi connectivity index (χ3v) is 3.30. The predicted molar refractivity (Wildman–Crippen MR) is 85.5 cm³/mol. The fourth-order valence-electron chi connectivity index (χ4n) is 2.40. The van der Waals surface area contributed by atoms with Crippen LogP contribution in [0, 0.1) is 5.82 Å². The number of amides is 1. The number of aromatic nitrogens is 2. The van der Waals surface area contributed by atoms with E-state index in [1.54, 1.807) is 19.1 Å². The van der Waals surface area contributed by atoms with Gasteiger partial charge in [0.2, 0.25) is 0 Å². The molecule has 0 aliphatic heterocycles. The van der Waals surface area contributed by atoms with Gasteiger partial charge in [0.25, 0.3) is 5.91 Å². The molecular formula is C16H21FN4O2. The minimum absolute atomic E-state index is 0.109. The molecule has 1 atom stereocenters. The van der Waals surface area contributed by atoms with Crippen molar-refractivity contribution in [2.45, 2.75) is 12.5 Å². The van der Waals surface area contributed by atoms with Crippen molar-refractivity contribution in [3.63, 3.8) is 0 Å². The number of nitrogens with one attached hydrogen (secondary N) is 2. The Hall–Kier alpha value is -2.25. The maximum Gasteiger partial charge on any atom is 0.255 e. The van der Waals surface area contributed by atoms with Gasteiger partial charge in [-0.1, -0.05) is 0 Å². The number of nitrogens with zero attached hydrogens (tertiary/aromatic N) is 2. The Bertz CT molecular complexity index is 665. The van der Waals surface area contributed by atoms with Gasteiger partial charge in [-0.3, -0.25) is 9.89 Å². The van der Waals surface area contributed by atoms with Crippen LogP contribution in [0.3, 0.4) is 0 Å². The first kappa shape index (κ1) is 17.1. The molecule has 0 saturated carbocycles. The maximum atomic E-state index is 13.0. The molecule has 23 heavy (non-hydrogen) atoms. The highest BCUT2D eigenvalue weighted by Crippen LogP contribution is 2.21. The third-order valence-electron chi connectivity index (χ3n) is 3.30. The Morgan fingerprint density at radius 2 is 2.04 bits per heavy atom. The molecule has 1 aromatic heterocycles. The summed E-state index contributed by atoms with van der Waals surface area (Å²) in [7, 11) is 3.69. The van der Waals surface area contributed by atoms with E-state index in [0.29, 0.717) is 23.4 Å². The van der Waals surface area contributed by atoms with Crippen molar-refractivity contribution < 1.29 is 14.3 Å². The van der Waals surface area contributed by atoms with Crippen molar-refractivity contribution in [1.29, 1.82) is 0 Å². The van der Waals surface area contributed by atoms with Crippen LogP contribution in [-0.4, -0.2) is 58.9 Å².